The summed E-state index contributed by atoms with van der Waals surface area (Å²) in [6.07, 6.45) is 5.65. The summed E-state index contributed by atoms with van der Waals surface area (Å²) in [5, 5.41) is 3.12. The van der Waals surface area contributed by atoms with E-state index in [1.807, 2.05) is 6.92 Å². The van der Waals surface area contributed by atoms with Gasteiger partial charge in [0.05, 0.1) is 18.1 Å². The number of anilines is 2. The largest absolute Gasteiger partial charge is 0.421 e. The first-order chi connectivity index (χ1) is 16.0. The van der Waals surface area contributed by atoms with E-state index in [0.717, 1.165) is 65.6 Å². The molecule has 3 aromatic rings. The van der Waals surface area contributed by atoms with Gasteiger partial charge in [-0.05, 0) is 41.5 Å². The number of halogens is 1. The van der Waals surface area contributed by atoms with Crippen LogP contribution in [-0.4, -0.2) is 46.1 Å². The Balaban J connectivity index is 1.44. The molecule has 2 aromatic heterocycles. The molecule has 2 unspecified atom stereocenters. The van der Waals surface area contributed by atoms with Crippen LogP contribution in [0.5, 0.6) is 11.8 Å². The molecule has 1 aliphatic heterocycles. The van der Waals surface area contributed by atoms with Crippen molar-refractivity contribution in [3.8, 4) is 22.9 Å². The van der Waals surface area contributed by atoms with Crippen molar-refractivity contribution in [2.75, 3.05) is 30.4 Å². The zero-order chi connectivity index (χ0) is 22.7. The van der Waals surface area contributed by atoms with Gasteiger partial charge in [0.25, 0.3) is 0 Å². The monoisotopic (exact) mass is 447 g/mol. The molecule has 8 nitrogen and oxygen atoms in total. The molecule has 3 N–H and O–H groups in total. The second-order valence-corrected chi connectivity index (χ2v) is 9.08. The average Bonchev–Trinajstić information content (AvgIpc) is 3.36. The Bertz CT molecular complexity index is 1230. The number of hydrogen-bond acceptors (Lipinski definition) is 8. The molecule has 6 rings (SSSR count). The van der Waals surface area contributed by atoms with Crippen molar-refractivity contribution in [1.29, 1.82) is 0 Å². The normalized spacial score (nSPS) is 22.4. The smallest absolute Gasteiger partial charge is 0.324 e. The second-order valence-electron chi connectivity index (χ2n) is 9.08. The molecular weight excluding hydrogens is 421 g/mol. The highest BCUT2D eigenvalue weighted by Crippen LogP contribution is 2.48. The molecule has 170 valence electrons. The van der Waals surface area contributed by atoms with Crippen LogP contribution in [0.25, 0.3) is 11.1 Å². The maximum Gasteiger partial charge on any atom is 0.324 e. The summed E-state index contributed by atoms with van der Waals surface area (Å²) in [5.74, 6) is 2.78. The van der Waals surface area contributed by atoms with Gasteiger partial charge >= 0.3 is 6.01 Å². The molecule has 33 heavy (non-hydrogen) atoms. The summed E-state index contributed by atoms with van der Waals surface area (Å²) < 4.78 is 20.5. The Morgan fingerprint density at radius 2 is 2.03 bits per heavy atom. The lowest BCUT2D eigenvalue weighted by Crippen LogP contribution is -2.46. The topological polar surface area (TPSA) is 102 Å². The van der Waals surface area contributed by atoms with Crippen molar-refractivity contribution in [2.24, 2.45) is 17.6 Å². The molecule has 3 heterocycles. The minimum absolute atomic E-state index is 0.237. The van der Waals surface area contributed by atoms with Gasteiger partial charge < -0.3 is 20.7 Å². The van der Waals surface area contributed by atoms with E-state index in [1.165, 1.54) is 6.07 Å². The Labute approximate surface area is 191 Å². The van der Waals surface area contributed by atoms with Gasteiger partial charge in [0.2, 0.25) is 0 Å². The van der Waals surface area contributed by atoms with Crippen molar-refractivity contribution in [3.63, 3.8) is 0 Å². The second kappa shape index (κ2) is 7.62. The predicted octanol–water partition coefficient (Wildman–Crippen LogP) is 3.16. The molecule has 1 saturated carbocycles. The van der Waals surface area contributed by atoms with Gasteiger partial charge in [0.15, 0.2) is 5.75 Å². The standard InChI is InChI=1S/C24H26FN7O/c1-3-21-28-8-14(9-29-21)33-24-30-20-7-15-16(5-13(25)6-19(15)27-2)22(20)23(31-24)32-10-12-4-18(26)17(12)11-32/h5-6,8-9,12,17-18,27H,3-4,7,10-11,26H2,1-2H3/t12?,17?,18-/m1/s1. The molecule has 0 spiro atoms. The minimum Gasteiger partial charge on any atom is -0.421 e. The molecule has 2 fully saturated rings. The molecular formula is C24H26FN7O. The van der Waals surface area contributed by atoms with E-state index in [4.69, 9.17) is 20.4 Å². The fraction of sp³-hybridized carbons (Fsp3) is 0.417. The van der Waals surface area contributed by atoms with Gasteiger partial charge in [-0.2, -0.15) is 9.97 Å². The Hall–Kier alpha value is -3.33. The number of fused-ring (bicyclic) bond motifs is 4. The minimum atomic E-state index is -0.283. The summed E-state index contributed by atoms with van der Waals surface area (Å²) in [7, 11) is 1.80. The number of rotatable bonds is 5. The van der Waals surface area contributed by atoms with Crippen LogP contribution in [0.1, 0.15) is 30.4 Å². The molecule has 3 aliphatic rings. The molecule has 2 aliphatic carbocycles. The van der Waals surface area contributed by atoms with Crippen LogP contribution < -0.4 is 20.7 Å². The molecule has 0 radical (unpaired) electrons. The zero-order valence-corrected chi connectivity index (χ0v) is 18.7. The van der Waals surface area contributed by atoms with Crippen LogP contribution in [0.3, 0.4) is 0 Å². The number of nitrogens with zero attached hydrogens (tertiary/aromatic N) is 5. The van der Waals surface area contributed by atoms with Gasteiger partial charge in [-0.25, -0.2) is 14.4 Å². The molecule has 9 heteroatoms. The quantitative estimate of drug-likeness (QED) is 0.481. The number of ether oxygens (including phenoxy) is 1. The summed E-state index contributed by atoms with van der Waals surface area (Å²) in [6, 6.07) is 3.60. The molecule has 1 saturated heterocycles. The van der Waals surface area contributed by atoms with E-state index < -0.39 is 0 Å². The van der Waals surface area contributed by atoms with Crippen LogP contribution in [0.4, 0.5) is 15.9 Å². The van der Waals surface area contributed by atoms with E-state index in [2.05, 4.69) is 20.2 Å². The van der Waals surface area contributed by atoms with E-state index in [0.29, 0.717) is 24.0 Å². The fourth-order valence-corrected chi connectivity index (χ4v) is 5.41. The maximum absolute atomic E-state index is 14.5. The molecule has 0 amide bonds. The first-order valence-corrected chi connectivity index (χ1v) is 11.4. The summed E-state index contributed by atoms with van der Waals surface area (Å²) in [5.41, 5.74) is 10.6. The number of hydrogen-bond donors (Lipinski definition) is 2. The number of aryl methyl sites for hydroxylation is 1. The summed E-state index contributed by atoms with van der Waals surface area (Å²) in [4.78, 5) is 20.4. The van der Waals surface area contributed by atoms with E-state index in [1.54, 1.807) is 25.5 Å². The lowest BCUT2D eigenvalue weighted by atomic mass is 9.72. The van der Waals surface area contributed by atoms with Crippen molar-refractivity contribution in [3.05, 3.63) is 47.4 Å². The maximum atomic E-state index is 14.5. The Morgan fingerprint density at radius 1 is 1.21 bits per heavy atom. The molecule has 3 atom stereocenters. The average molecular weight is 448 g/mol. The lowest BCUT2D eigenvalue weighted by Gasteiger charge is -2.36. The first kappa shape index (κ1) is 20.3. The Kier molecular flexibility index (Phi) is 4.69. The van der Waals surface area contributed by atoms with Gasteiger partial charge in [0.1, 0.15) is 17.5 Å². The number of nitrogens with two attached hydrogens (primary N) is 1. The van der Waals surface area contributed by atoms with Gasteiger partial charge in [-0.15, -0.1) is 0 Å². The summed E-state index contributed by atoms with van der Waals surface area (Å²) >= 11 is 0. The van der Waals surface area contributed by atoms with Crippen LogP contribution in [0, 0.1) is 17.7 Å². The van der Waals surface area contributed by atoms with Crippen LogP contribution >= 0.6 is 0 Å². The van der Waals surface area contributed by atoms with E-state index in [9.17, 15) is 4.39 Å². The van der Waals surface area contributed by atoms with E-state index in [-0.39, 0.29) is 17.9 Å². The SMILES string of the molecule is CCc1ncc(Oc2nc3c(c(N4CC5C[C@@H](N)C5C4)n2)-c2cc(F)cc(NC)c2C3)cn1. The first-order valence-electron chi connectivity index (χ1n) is 11.4. The third kappa shape index (κ3) is 3.30. The van der Waals surface area contributed by atoms with Gasteiger partial charge in [-0.3, -0.25) is 0 Å². The third-order valence-electron chi connectivity index (χ3n) is 7.16. The zero-order valence-electron chi connectivity index (χ0n) is 18.7. The summed E-state index contributed by atoms with van der Waals surface area (Å²) in [6.45, 7) is 3.73. The van der Waals surface area contributed by atoms with Crippen molar-refractivity contribution >= 4 is 11.5 Å². The highest BCUT2D eigenvalue weighted by molar-refractivity contribution is 5.88. The number of aromatic nitrogens is 4. The van der Waals surface area contributed by atoms with Crippen molar-refractivity contribution in [2.45, 2.75) is 32.2 Å². The van der Waals surface area contributed by atoms with Gasteiger partial charge in [-0.1, -0.05) is 6.92 Å². The predicted molar refractivity (Wildman–Crippen MR) is 123 cm³/mol. The van der Waals surface area contributed by atoms with Crippen LogP contribution in [-0.2, 0) is 12.8 Å². The van der Waals surface area contributed by atoms with Crippen molar-refractivity contribution in [1.82, 2.24) is 19.9 Å². The third-order valence-corrected chi connectivity index (χ3v) is 7.16. The van der Waals surface area contributed by atoms with Crippen LogP contribution in [0.15, 0.2) is 24.5 Å². The molecule has 0 bridgehead atoms. The molecule has 1 aromatic carbocycles. The Morgan fingerprint density at radius 3 is 2.73 bits per heavy atom. The highest BCUT2D eigenvalue weighted by atomic mass is 19.1. The van der Waals surface area contributed by atoms with Crippen molar-refractivity contribution < 1.29 is 9.13 Å². The fourth-order valence-electron chi connectivity index (χ4n) is 5.41. The highest BCUT2D eigenvalue weighted by Gasteiger charge is 2.46. The van der Waals surface area contributed by atoms with Crippen LogP contribution in [0.2, 0.25) is 0 Å². The number of nitrogens with one attached hydrogen (secondary N) is 1. The number of benzene rings is 1. The van der Waals surface area contributed by atoms with E-state index >= 15 is 0 Å². The lowest BCUT2D eigenvalue weighted by molar-refractivity contribution is 0.194. The van der Waals surface area contributed by atoms with Gasteiger partial charge in [0, 0.05) is 50.3 Å².